The summed E-state index contributed by atoms with van der Waals surface area (Å²) in [5, 5.41) is 11.1. The first kappa shape index (κ1) is 24.7. The molecule has 3 atom stereocenters. The largest absolute Gasteiger partial charge is 0.465 e. The Morgan fingerprint density at radius 2 is 2.00 bits per heavy atom. The quantitative estimate of drug-likeness (QED) is 0.231. The molecule has 166 valence electrons. The van der Waals surface area contributed by atoms with Gasteiger partial charge in [0.25, 0.3) is 5.69 Å². The van der Waals surface area contributed by atoms with Gasteiger partial charge in [-0.1, -0.05) is 24.4 Å². The SMILES string of the molecule is CCOC(=O)C1=C(C(C)SC=S)N=C(C)C(C(=O)OCC)C1c1cccc([N+](=O)[O-])c1. The van der Waals surface area contributed by atoms with Gasteiger partial charge in [0.15, 0.2) is 0 Å². The molecule has 2 rings (SSSR count). The second kappa shape index (κ2) is 11.1. The van der Waals surface area contributed by atoms with Crippen LogP contribution in [0, 0.1) is 16.0 Å². The highest BCUT2D eigenvalue weighted by Crippen LogP contribution is 2.43. The van der Waals surface area contributed by atoms with E-state index >= 15 is 0 Å². The van der Waals surface area contributed by atoms with E-state index in [-0.39, 0.29) is 29.7 Å². The minimum absolute atomic E-state index is 0.124. The maximum Gasteiger partial charge on any atom is 0.336 e. The lowest BCUT2D eigenvalue weighted by atomic mass is 9.75. The number of thiocarbonyl (C=S) groups is 1. The number of nitro benzene ring substituents is 1. The average molecular weight is 465 g/mol. The summed E-state index contributed by atoms with van der Waals surface area (Å²) in [5.74, 6) is -2.96. The Morgan fingerprint density at radius 1 is 1.32 bits per heavy atom. The van der Waals surface area contributed by atoms with Gasteiger partial charge in [0.05, 0.1) is 29.4 Å². The molecule has 0 saturated carbocycles. The van der Waals surface area contributed by atoms with Gasteiger partial charge in [-0.2, -0.15) is 0 Å². The topological polar surface area (TPSA) is 108 Å². The first-order valence-electron chi connectivity index (χ1n) is 9.73. The molecule has 0 spiro atoms. The monoisotopic (exact) mass is 464 g/mol. The second-order valence-corrected chi connectivity index (χ2v) is 8.46. The third kappa shape index (κ3) is 5.56. The number of aliphatic imine (C=N–C) groups is 1. The summed E-state index contributed by atoms with van der Waals surface area (Å²) in [6, 6.07) is 5.89. The summed E-state index contributed by atoms with van der Waals surface area (Å²) in [5.41, 5.74) is 1.35. The molecule has 0 aliphatic carbocycles. The van der Waals surface area contributed by atoms with Crippen molar-refractivity contribution in [2.45, 2.75) is 38.9 Å². The number of benzene rings is 1. The third-order valence-electron chi connectivity index (χ3n) is 4.79. The third-order valence-corrected chi connectivity index (χ3v) is 5.86. The molecule has 0 aromatic heterocycles. The minimum Gasteiger partial charge on any atom is -0.465 e. The van der Waals surface area contributed by atoms with E-state index in [9.17, 15) is 19.7 Å². The van der Waals surface area contributed by atoms with Crippen LogP contribution >= 0.6 is 24.0 Å². The van der Waals surface area contributed by atoms with Gasteiger partial charge in [-0.05, 0) is 33.3 Å². The number of carbonyl (C=O) groups excluding carboxylic acids is 2. The Labute approximate surface area is 190 Å². The standard InChI is InChI=1S/C21H24N2O6S2/c1-5-28-20(24)16-12(3)22-19(13(4)31-11-30)18(21(25)29-6-2)17(16)14-8-7-9-15(10-14)23(26)27/h7-11,13,16-17H,5-6H2,1-4H3. The van der Waals surface area contributed by atoms with Crippen molar-refractivity contribution >= 4 is 52.0 Å². The Morgan fingerprint density at radius 3 is 2.58 bits per heavy atom. The van der Waals surface area contributed by atoms with Crippen molar-refractivity contribution in [1.82, 2.24) is 0 Å². The fraction of sp³-hybridized carbons (Fsp3) is 0.429. The Kier molecular flexibility index (Phi) is 8.88. The van der Waals surface area contributed by atoms with Crippen LogP contribution in [0.15, 0.2) is 40.5 Å². The van der Waals surface area contributed by atoms with Crippen LogP contribution in [0.1, 0.15) is 39.2 Å². The van der Waals surface area contributed by atoms with Crippen LogP contribution in [0.3, 0.4) is 0 Å². The normalized spacial score (nSPS) is 19.3. The number of hydrogen-bond acceptors (Lipinski definition) is 9. The van der Waals surface area contributed by atoms with Gasteiger partial charge in [-0.15, -0.1) is 11.8 Å². The number of thioether (sulfide) groups is 1. The first-order chi connectivity index (χ1) is 14.8. The van der Waals surface area contributed by atoms with Gasteiger partial charge in [0.2, 0.25) is 0 Å². The van der Waals surface area contributed by atoms with E-state index in [0.29, 0.717) is 17.0 Å². The van der Waals surface area contributed by atoms with E-state index in [1.54, 1.807) is 26.8 Å². The van der Waals surface area contributed by atoms with Crippen LogP contribution in [0.4, 0.5) is 5.69 Å². The number of nitro groups is 1. The van der Waals surface area contributed by atoms with Crippen molar-refractivity contribution in [2.24, 2.45) is 10.9 Å². The molecular formula is C21H24N2O6S2. The van der Waals surface area contributed by atoms with Crippen molar-refractivity contribution in [1.29, 1.82) is 0 Å². The molecule has 0 saturated heterocycles. The van der Waals surface area contributed by atoms with Crippen molar-refractivity contribution in [3.8, 4) is 0 Å². The lowest BCUT2D eigenvalue weighted by Crippen LogP contribution is -2.37. The molecule has 1 aliphatic rings. The first-order valence-corrected chi connectivity index (χ1v) is 11.1. The Hall–Kier alpha value is -2.59. The van der Waals surface area contributed by atoms with Gasteiger partial charge >= 0.3 is 11.9 Å². The van der Waals surface area contributed by atoms with Crippen molar-refractivity contribution in [3.63, 3.8) is 0 Å². The van der Waals surface area contributed by atoms with Crippen LogP contribution in [0.25, 0.3) is 0 Å². The maximum atomic E-state index is 13.1. The van der Waals surface area contributed by atoms with E-state index in [2.05, 4.69) is 4.99 Å². The highest BCUT2D eigenvalue weighted by Gasteiger charge is 2.44. The van der Waals surface area contributed by atoms with Crippen LogP contribution in [0.2, 0.25) is 0 Å². The molecule has 1 heterocycles. The molecule has 0 amide bonds. The van der Waals surface area contributed by atoms with Gasteiger partial charge in [-0.25, -0.2) is 4.79 Å². The minimum atomic E-state index is -0.921. The van der Waals surface area contributed by atoms with Crippen LogP contribution < -0.4 is 0 Å². The zero-order valence-electron chi connectivity index (χ0n) is 17.7. The number of ether oxygens (including phenoxy) is 2. The Bertz CT molecular complexity index is 944. The highest BCUT2D eigenvalue weighted by molar-refractivity contribution is 8.21. The number of carbonyl (C=O) groups is 2. The number of hydrogen-bond donors (Lipinski definition) is 0. The molecule has 0 radical (unpaired) electrons. The van der Waals surface area contributed by atoms with E-state index < -0.39 is 28.7 Å². The van der Waals surface area contributed by atoms with Crippen LogP contribution in [0.5, 0.6) is 0 Å². The summed E-state index contributed by atoms with van der Waals surface area (Å²) in [6.45, 7) is 7.15. The zero-order valence-corrected chi connectivity index (χ0v) is 19.3. The number of non-ortho nitro benzene ring substituents is 1. The molecule has 31 heavy (non-hydrogen) atoms. The molecular weight excluding hydrogens is 440 g/mol. The Balaban J connectivity index is 2.81. The fourth-order valence-corrected chi connectivity index (χ4v) is 4.49. The van der Waals surface area contributed by atoms with E-state index in [1.807, 2.05) is 6.92 Å². The second-order valence-electron chi connectivity index (χ2n) is 6.71. The van der Waals surface area contributed by atoms with E-state index in [4.69, 9.17) is 21.7 Å². The molecule has 10 heteroatoms. The summed E-state index contributed by atoms with van der Waals surface area (Å²) >= 11 is 6.25. The molecule has 1 aromatic carbocycles. The zero-order chi connectivity index (χ0) is 23.1. The van der Waals surface area contributed by atoms with E-state index in [0.717, 1.165) is 0 Å². The van der Waals surface area contributed by atoms with Crippen molar-refractivity contribution in [2.75, 3.05) is 13.2 Å². The number of rotatable bonds is 9. The molecule has 0 bridgehead atoms. The summed E-state index contributed by atoms with van der Waals surface area (Å²) in [7, 11) is 0. The summed E-state index contributed by atoms with van der Waals surface area (Å²) in [6.07, 6.45) is 0. The number of esters is 2. The molecule has 1 aromatic rings. The molecule has 3 unspecified atom stereocenters. The van der Waals surface area contributed by atoms with Gasteiger partial charge in [0.1, 0.15) is 5.92 Å². The van der Waals surface area contributed by atoms with Crippen LogP contribution in [-0.2, 0) is 19.1 Å². The highest BCUT2D eigenvalue weighted by atomic mass is 32.2. The van der Waals surface area contributed by atoms with Crippen molar-refractivity contribution < 1.29 is 24.0 Å². The fourth-order valence-electron chi connectivity index (χ4n) is 3.51. The van der Waals surface area contributed by atoms with Gasteiger partial charge in [0, 0.05) is 33.7 Å². The summed E-state index contributed by atoms with van der Waals surface area (Å²) in [4.78, 5) is 41.4. The van der Waals surface area contributed by atoms with Gasteiger partial charge in [-0.3, -0.25) is 19.9 Å². The van der Waals surface area contributed by atoms with Crippen molar-refractivity contribution in [3.05, 3.63) is 51.2 Å². The van der Waals surface area contributed by atoms with E-state index in [1.165, 1.54) is 34.7 Å². The molecule has 0 N–H and O–H groups in total. The molecule has 1 aliphatic heterocycles. The predicted octanol–water partition coefficient (Wildman–Crippen LogP) is 4.23. The summed E-state index contributed by atoms with van der Waals surface area (Å²) < 4.78 is 12.0. The lowest BCUT2D eigenvalue weighted by Gasteiger charge is -2.33. The van der Waals surface area contributed by atoms with Crippen LogP contribution in [-0.4, -0.2) is 45.7 Å². The maximum absolute atomic E-state index is 13.1. The average Bonchev–Trinajstić information content (AvgIpc) is 2.73. The molecule has 0 fully saturated rings. The van der Waals surface area contributed by atoms with Gasteiger partial charge < -0.3 is 9.47 Å². The predicted molar refractivity (Wildman–Crippen MR) is 123 cm³/mol. The smallest absolute Gasteiger partial charge is 0.336 e. The molecule has 8 nitrogen and oxygen atoms in total. The lowest BCUT2D eigenvalue weighted by molar-refractivity contribution is -0.384. The number of nitrogens with zero attached hydrogens (tertiary/aromatic N) is 2.